The maximum atomic E-state index is 10.8. The van der Waals surface area contributed by atoms with Crippen LogP contribution in [0.25, 0.3) is 0 Å². The number of phenols is 8. The minimum absolute atomic E-state index is 0.00581. The highest BCUT2D eigenvalue weighted by Crippen LogP contribution is 2.72. The first-order valence-electron chi connectivity index (χ1n) is 35.9. The third-order valence-corrected chi connectivity index (χ3v) is 33.3. The summed E-state index contributed by atoms with van der Waals surface area (Å²) in [6.45, 7) is 44.6. The number of fused-ring (bicyclic) bond motifs is 16. The summed E-state index contributed by atoms with van der Waals surface area (Å²) in [7, 11) is 0. The molecule has 0 radical (unpaired) electrons. The highest BCUT2D eigenvalue weighted by atomic mass is 127. The van der Waals surface area contributed by atoms with Crippen molar-refractivity contribution in [2.24, 2.45) is 0 Å². The molecule has 4 spiro atoms. The van der Waals surface area contributed by atoms with Crippen LogP contribution >= 0.6 is 154 Å². The van der Waals surface area contributed by atoms with Crippen LogP contribution < -0.4 is 0 Å². The lowest BCUT2D eigenvalue weighted by Crippen LogP contribution is -2.28. The monoisotopic (exact) mass is 2100 g/mol. The van der Waals surface area contributed by atoms with Crippen LogP contribution in [0, 0.1) is 42.0 Å². The van der Waals surface area contributed by atoms with E-state index in [1.807, 2.05) is 39.8 Å². The van der Waals surface area contributed by atoms with Crippen molar-refractivity contribution < 1.29 is 40.9 Å². The molecular formula is C88H96Br4I4O8. The van der Waals surface area contributed by atoms with Crippen molar-refractivity contribution in [2.75, 3.05) is 0 Å². The van der Waals surface area contributed by atoms with Gasteiger partial charge in [-0.25, -0.2) is 0 Å². The van der Waals surface area contributed by atoms with Gasteiger partial charge in [0.1, 0.15) is 46.0 Å². The third kappa shape index (κ3) is 11.4. The lowest BCUT2D eigenvalue weighted by molar-refractivity contribution is 0.347. The quantitative estimate of drug-likeness (QED) is 0.0696. The van der Waals surface area contributed by atoms with Gasteiger partial charge >= 0.3 is 0 Å². The molecule has 0 saturated carbocycles. The second-order valence-corrected chi connectivity index (χ2v) is 44.7. The van der Waals surface area contributed by atoms with Crippen LogP contribution in [0.2, 0.25) is 0 Å². The zero-order chi connectivity index (χ0) is 76.9. The second-order valence-electron chi connectivity index (χ2n) is 37.2. The van der Waals surface area contributed by atoms with Crippen LogP contribution in [-0.4, -0.2) is 40.9 Å². The second kappa shape index (κ2) is 25.3. The minimum Gasteiger partial charge on any atom is -0.507 e. The molecule has 8 aromatic carbocycles. The maximum absolute atomic E-state index is 10.8. The van der Waals surface area contributed by atoms with Gasteiger partial charge in [0.2, 0.25) is 0 Å². The SMILES string of the molecule is CC1(C)CC2(CC(C)(C)c3ccc(O)c(Br)c32)c2c1ccc(O)c2Br.CC1(C)CC2(CC(C)(C)c3ccc(O)c(I)c32)c2c1ccc(O)c2I.Cc1cc2c(c(Br)c1O)C1(CC2(C)C)CC(C)(C)c2cc(C)c(O)c(Br)c21.Cc1cc2c(c(I)c1O)C1(CC2(C)C)CC(C)(C)c2cc(C)c(O)c(I)c21. The summed E-state index contributed by atoms with van der Waals surface area (Å²) < 4.78 is 7.06. The molecule has 0 fully saturated rings. The molecule has 0 bridgehead atoms. The Balaban J connectivity index is 0.000000123. The van der Waals surface area contributed by atoms with Gasteiger partial charge in [0.15, 0.2) is 0 Å². The Morgan fingerprint density at radius 2 is 0.423 bits per heavy atom. The molecule has 0 aromatic heterocycles. The van der Waals surface area contributed by atoms with E-state index in [2.05, 4.69) is 313 Å². The molecule has 0 saturated heterocycles. The van der Waals surface area contributed by atoms with Gasteiger partial charge in [-0.1, -0.05) is 159 Å². The fraction of sp³-hybridized carbons (Fsp3) is 0.455. The van der Waals surface area contributed by atoms with Crippen molar-refractivity contribution in [3.05, 3.63) is 216 Å². The highest BCUT2D eigenvalue weighted by molar-refractivity contribution is 14.1. The van der Waals surface area contributed by atoms with Crippen LogP contribution in [0.15, 0.2) is 90.7 Å². The van der Waals surface area contributed by atoms with E-state index in [0.717, 1.165) is 106 Å². The molecule has 8 aliphatic rings. The molecule has 8 aromatic rings. The van der Waals surface area contributed by atoms with Crippen molar-refractivity contribution in [2.45, 2.75) is 255 Å². The van der Waals surface area contributed by atoms with Gasteiger partial charge in [-0.3, -0.25) is 0 Å². The lowest BCUT2D eigenvalue weighted by atomic mass is 9.72. The van der Waals surface area contributed by atoms with Crippen LogP contribution in [0.3, 0.4) is 0 Å². The third-order valence-electron chi connectivity index (χ3n) is 25.8. The largest absolute Gasteiger partial charge is 0.507 e. The number of hydrogen-bond donors (Lipinski definition) is 8. The number of rotatable bonds is 0. The molecule has 104 heavy (non-hydrogen) atoms. The first-order chi connectivity index (χ1) is 47.7. The van der Waals surface area contributed by atoms with Gasteiger partial charge in [-0.2, -0.15) is 0 Å². The number of aromatic hydroxyl groups is 8. The van der Waals surface area contributed by atoms with E-state index < -0.39 is 0 Å². The minimum atomic E-state index is -0.244. The van der Waals surface area contributed by atoms with E-state index in [0.29, 0.717) is 34.5 Å². The van der Waals surface area contributed by atoms with E-state index >= 15 is 0 Å². The Bertz CT molecular complexity index is 4470. The molecule has 0 aliphatic heterocycles. The van der Waals surface area contributed by atoms with Crippen LogP contribution in [0.1, 0.15) is 273 Å². The summed E-state index contributed by atoms with van der Waals surface area (Å²) in [6, 6.07) is 24.2. The molecule has 8 N–H and O–H groups in total. The van der Waals surface area contributed by atoms with E-state index in [9.17, 15) is 40.9 Å². The smallest absolute Gasteiger partial charge is 0.132 e. The summed E-state index contributed by atoms with van der Waals surface area (Å²) in [5.74, 6) is 2.73. The molecule has 8 aliphatic carbocycles. The van der Waals surface area contributed by atoms with E-state index in [1.54, 1.807) is 12.1 Å². The van der Waals surface area contributed by atoms with E-state index in [4.69, 9.17) is 0 Å². The molecule has 16 rings (SSSR count). The Hall–Kier alpha value is -3.00. The predicted octanol–water partition coefficient (Wildman–Crippen LogP) is 25.7. The van der Waals surface area contributed by atoms with E-state index in [-0.39, 0.29) is 76.5 Å². The topological polar surface area (TPSA) is 162 Å². The molecule has 8 nitrogen and oxygen atoms in total. The number of hydrogen-bond acceptors (Lipinski definition) is 8. The number of phenolic OH excluding ortho intramolecular Hbond substituents is 8. The molecule has 552 valence electrons. The highest BCUT2D eigenvalue weighted by Gasteiger charge is 2.63. The maximum Gasteiger partial charge on any atom is 0.132 e. The van der Waals surface area contributed by atoms with E-state index in [1.165, 1.54) is 89.0 Å². The Labute approximate surface area is 703 Å². The Kier molecular flexibility index (Phi) is 19.2. The van der Waals surface area contributed by atoms with Crippen molar-refractivity contribution in [3.8, 4) is 46.0 Å². The standard InChI is InChI=1S/C23H26Br2O2.C23H26I2O2.C21H22Br2O2.C21H22I2O2/c2*1-11-7-13-15(17(24)19(11)26)23(9-21(13,3)4)10-22(5,6)14-8-12(2)20(27)18(25)16(14)23;2*1-19(2)9-21(15-11(19)5-7-13(24)17(15)22)10-20(3,4)12-6-8-14(25)18(23)16(12)21/h2*7-8,26-27H,9-10H2,1-6H3;2*5-8,24-25H,9-10H2,1-4H3. The average molecular weight is 2110 g/mol. The van der Waals surface area contributed by atoms with Gasteiger partial charge in [0.25, 0.3) is 0 Å². The van der Waals surface area contributed by atoms with Gasteiger partial charge in [0.05, 0.1) is 32.2 Å². The summed E-state index contributed by atoms with van der Waals surface area (Å²) in [5, 5.41) is 84.7. The fourth-order valence-corrected chi connectivity index (χ4v) is 30.1. The summed E-state index contributed by atoms with van der Waals surface area (Å²) >= 11 is 24.1. The van der Waals surface area contributed by atoms with Crippen LogP contribution in [0.5, 0.6) is 46.0 Å². The fourth-order valence-electron chi connectivity index (χ4n) is 22.4. The summed E-state index contributed by atoms with van der Waals surface area (Å²) in [4.78, 5) is 0. The summed E-state index contributed by atoms with van der Waals surface area (Å²) in [6.07, 6.45) is 7.83. The van der Waals surface area contributed by atoms with Gasteiger partial charge in [0, 0.05) is 21.7 Å². The van der Waals surface area contributed by atoms with Crippen molar-refractivity contribution in [1.82, 2.24) is 0 Å². The molecule has 0 unspecified atom stereocenters. The summed E-state index contributed by atoms with van der Waals surface area (Å²) in [5.41, 5.74) is 23.3. The van der Waals surface area contributed by atoms with Crippen molar-refractivity contribution in [3.63, 3.8) is 0 Å². The van der Waals surface area contributed by atoms with Crippen molar-refractivity contribution >= 4 is 154 Å². The first-order valence-corrected chi connectivity index (χ1v) is 43.4. The Morgan fingerprint density at radius 3 is 0.683 bits per heavy atom. The predicted molar refractivity (Wildman–Crippen MR) is 470 cm³/mol. The zero-order valence-electron chi connectivity index (χ0n) is 63.2. The van der Waals surface area contributed by atoms with Gasteiger partial charge in [-0.15, -0.1) is 0 Å². The van der Waals surface area contributed by atoms with Gasteiger partial charge in [-0.05, 0) is 412 Å². The normalized spacial score (nSPS) is 21.0. The molecule has 16 heteroatoms. The lowest BCUT2D eigenvalue weighted by Gasteiger charge is -2.32. The van der Waals surface area contributed by atoms with Crippen molar-refractivity contribution in [1.29, 1.82) is 0 Å². The molecule has 0 amide bonds. The number of aryl methyl sites for hydroxylation is 4. The zero-order valence-corrected chi connectivity index (χ0v) is 78.2. The van der Waals surface area contributed by atoms with Crippen LogP contribution in [0.4, 0.5) is 0 Å². The first kappa shape index (κ1) is 79.1. The number of benzene rings is 8. The average Bonchev–Trinajstić information content (AvgIpc) is 1.56. The van der Waals surface area contributed by atoms with Crippen LogP contribution in [-0.2, 0) is 65.0 Å². The Morgan fingerprint density at radius 1 is 0.240 bits per heavy atom. The van der Waals surface area contributed by atoms with Gasteiger partial charge < -0.3 is 40.9 Å². The molecule has 0 atom stereocenters. The molecule has 0 heterocycles. The number of halogens is 8. The molecular weight excluding hydrogens is 2010 g/mol.